The van der Waals surface area contributed by atoms with E-state index < -0.39 is 169 Å². The number of carbonyl (C=O) groups excluding carboxylic acids is 2. The lowest BCUT2D eigenvalue weighted by atomic mass is 9.33. The second-order valence-electron chi connectivity index (χ2n) is 25.7. The van der Waals surface area contributed by atoms with Crippen molar-refractivity contribution in [2.75, 3.05) is 19.8 Å². The summed E-state index contributed by atoms with van der Waals surface area (Å²) in [5.41, 5.74) is -2.58. The number of hydrogen-bond donors (Lipinski definition) is 11. The van der Waals surface area contributed by atoms with Gasteiger partial charge in [-0.2, -0.15) is 0 Å². The minimum atomic E-state index is -1.91. The first-order valence-corrected chi connectivity index (χ1v) is 27.4. The molecule has 7 fully saturated rings. The Hall–Kier alpha value is -2.26. The summed E-state index contributed by atoms with van der Waals surface area (Å²) in [7, 11) is 0. The molecule has 3 aliphatic heterocycles. The van der Waals surface area contributed by atoms with Crippen molar-refractivity contribution in [2.45, 2.75) is 238 Å². The van der Waals surface area contributed by atoms with Gasteiger partial charge in [-0.25, -0.2) is 4.79 Å². The normalized spacial score (nSPS) is 51.0. The molecule has 0 unspecified atom stereocenters. The van der Waals surface area contributed by atoms with Gasteiger partial charge < -0.3 is 94.1 Å². The third-order valence-electron chi connectivity index (χ3n) is 20.9. The zero-order valence-corrected chi connectivity index (χ0v) is 45.9. The van der Waals surface area contributed by atoms with Crippen molar-refractivity contribution in [1.29, 1.82) is 0 Å². The Kier molecular flexibility index (Phi) is 17.0. The van der Waals surface area contributed by atoms with Crippen molar-refractivity contribution >= 4 is 11.9 Å². The third-order valence-corrected chi connectivity index (χ3v) is 20.9. The van der Waals surface area contributed by atoms with Crippen LogP contribution in [0.3, 0.4) is 0 Å². The highest BCUT2D eigenvalue weighted by molar-refractivity contribution is 5.87. The second-order valence-corrected chi connectivity index (χ2v) is 25.7. The zero-order chi connectivity index (χ0) is 56.2. The molecule has 11 N–H and O–H groups in total. The predicted molar refractivity (Wildman–Crippen MR) is 266 cm³/mol. The summed E-state index contributed by atoms with van der Waals surface area (Å²) in [4.78, 5) is 25.8. The summed E-state index contributed by atoms with van der Waals surface area (Å²) >= 11 is 0. The molecule has 21 heteroatoms. The molecule has 0 bridgehead atoms. The first kappa shape index (κ1) is 59.9. The molecule has 5 aliphatic carbocycles. The van der Waals surface area contributed by atoms with Crippen LogP contribution >= 0.6 is 0 Å². The van der Waals surface area contributed by atoms with Crippen LogP contribution in [0.25, 0.3) is 0 Å². The van der Waals surface area contributed by atoms with Crippen LogP contribution in [0.1, 0.15) is 121 Å². The molecule has 0 aromatic rings. The molecule has 0 aromatic heterocycles. The van der Waals surface area contributed by atoms with Gasteiger partial charge in [0.2, 0.25) is 0 Å². The van der Waals surface area contributed by atoms with E-state index in [4.69, 9.17) is 37.9 Å². The predicted octanol–water partition coefficient (Wildman–Crippen LogP) is 0.642. The van der Waals surface area contributed by atoms with Crippen molar-refractivity contribution in [3.05, 3.63) is 23.3 Å². The molecule has 0 amide bonds. The fourth-order valence-electron chi connectivity index (χ4n) is 16.1. The lowest BCUT2D eigenvalue weighted by molar-refractivity contribution is -0.398. The summed E-state index contributed by atoms with van der Waals surface area (Å²) in [6, 6.07) is 0. The minimum absolute atomic E-state index is 0.0123. The van der Waals surface area contributed by atoms with Gasteiger partial charge in [0.15, 0.2) is 18.9 Å². The molecule has 0 radical (unpaired) electrons. The molecule has 0 spiro atoms. The van der Waals surface area contributed by atoms with Crippen molar-refractivity contribution in [3.63, 3.8) is 0 Å². The second kappa shape index (κ2) is 21.6. The van der Waals surface area contributed by atoms with E-state index in [1.165, 1.54) is 13.8 Å². The summed E-state index contributed by atoms with van der Waals surface area (Å²) < 4.78 is 49.2. The number of aliphatic hydroxyl groups excluding tert-OH is 11. The average molecular weight is 1090 g/mol. The molecule has 8 aliphatic rings. The van der Waals surface area contributed by atoms with Gasteiger partial charge in [-0.1, -0.05) is 66.2 Å². The van der Waals surface area contributed by atoms with Crippen LogP contribution in [-0.4, -0.2) is 204 Å². The number of aliphatic hydroxyl groups is 11. The highest BCUT2D eigenvalue weighted by Gasteiger charge is 2.73. The van der Waals surface area contributed by atoms with Crippen molar-refractivity contribution in [3.8, 4) is 0 Å². The van der Waals surface area contributed by atoms with Crippen LogP contribution in [0.15, 0.2) is 23.3 Å². The van der Waals surface area contributed by atoms with E-state index in [2.05, 4.69) is 40.7 Å². The van der Waals surface area contributed by atoms with Crippen molar-refractivity contribution in [1.82, 2.24) is 0 Å². The van der Waals surface area contributed by atoms with Gasteiger partial charge in [0.25, 0.3) is 0 Å². The quantitative estimate of drug-likeness (QED) is 0.0553. The number of hydrogen-bond acceptors (Lipinski definition) is 21. The molecule has 3 saturated heterocycles. The van der Waals surface area contributed by atoms with Gasteiger partial charge in [-0.3, -0.25) is 4.79 Å². The standard InChI is InChI=1S/C55H88O21/c1-12-24(2)46(68)76-45-44(67)55(23-69-26(4)58)28(19-50(45,5)6)27-13-14-32-52(9)17-16-34(51(7,8)31(52)15-18-53(32,10)54(27,11)20-33(55)59)73-49-43(75-48-41(66)39(64)36(61)29(21-56)71-48)42(37(62)30(22-57)72-49)74-47-40(65)38(63)35(60)25(3)70-47/h12-13,25,28-45,47-49,56-57,59-67H,14-23H2,1-11H3/b24-12+/t25-,28-,29+,30+,31-,32+,33+,34-,35-,36-,37+,38+,39-,40+,41+,42-,43+,44-,45-,47-,48-,49-,52-,53+,54+,55-/m0/s1. The van der Waals surface area contributed by atoms with E-state index in [1.807, 2.05) is 13.8 Å². The van der Waals surface area contributed by atoms with Crippen molar-refractivity contribution in [2.24, 2.45) is 50.2 Å². The Labute approximate surface area is 445 Å². The molecule has 3 heterocycles. The first-order valence-electron chi connectivity index (χ1n) is 27.4. The Balaban J connectivity index is 1.11. The van der Waals surface area contributed by atoms with Crippen LogP contribution < -0.4 is 0 Å². The fraction of sp³-hybridized carbons (Fsp3) is 0.891. The number of fused-ring (bicyclic) bond motifs is 7. The van der Waals surface area contributed by atoms with E-state index in [-0.39, 0.29) is 35.7 Å². The van der Waals surface area contributed by atoms with E-state index >= 15 is 0 Å². The topological polar surface area (TPSA) is 331 Å². The van der Waals surface area contributed by atoms with Crippen molar-refractivity contribution < 1.29 is 104 Å². The highest BCUT2D eigenvalue weighted by atomic mass is 16.8. The van der Waals surface area contributed by atoms with Crippen LogP contribution in [0.4, 0.5) is 0 Å². The van der Waals surface area contributed by atoms with Gasteiger partial charge in [-0.15, -0.1) is 0 Å². The first-order chi connectivity index (χ1) is 35.4. The Morgan fingerprint density at radius 2 is 1.29 bits per heavy atom. The van der Waals surface area contributed by atoms with Gasteiger partial charge in [0.05, 0.1) is 36.9 Å². The minimum Gasteiger partial charge on any atom is -0.465 e. The summed E-state index contributed by atoms with van der Waals surface area (Å²) in [5, 5.41) is 123. The monoisotopic (exact) mass is 1080 g/mol. The van der Waals surface area contributed by atoms with E-state index in [0.29, 0.717) is 31.3 Å². The average Bonchev–Trinajstić information content (AvgIpc) is 3.35. The molecule has 4 saturated carbocycles. The molecule has 26 atom stereocenters. The number of ether oxygens (including phenoxy) is 8. The van der Waals surface area contributed by atoms with E-state index in [1.54, 1.807) is 19.9 Å². The summed E-state index contributed by atoms with van der Waals surface area (Å²) in [6.45, 7) is 19.4. The summed E-state index contributed by atoms with van der Waals surface area (Å²) in [5.74, 6) is -1.48. The smallest absolute Gasteiger partial charge is 0.333 e. The Bertz CT molecular complexity index is 2170. The zero-order valence-electron chi connectivity index (χ0n) is 45.9. The maximum atomic E-state index is 13.3. The Morgan fingerprint density at radius 3 is 1.91 bits per heavy atom. The van der Waals surface area contributed by atoms with Gasteiger partial charge in [-0.05, 0) is 105 Å². The van der Waals surface area contributed by atoms with Crippen LogP contribution in [-0.2, 0) is 47.5 Å². The molecule has 21 nitrogen and oxygen atoms in total. The van der Waals surface area contributed by atoms with Gasteiger partial charge in [0.1, 0.15) is 86.0 Å². The van der Waals surface area contributed by atoms with Crippen LogP contribution in [0.5, 0.6) is 0 Å². The lowest BCUT2D eigenvalue weighted by Crippen LogP contribution is -2.72. The summed E-state index contributed by atoms with van der Waals surface area (Å²) in [6.07, 6.45) is -20.6. The van der Waals surface area contributed by atoms with Gasteiger partial charge >= 0.3 is 11.9 Å². The third kappa shape index (κ3) is 9.56. The molecule has 76 heavy (non-hydrogen) atoms. The highest BCUT2D eigenvalue weighted by Crippen LogP contribution is 2.76. The van der Waals surface area contributed by atoms with Crippen LogP contribution in [0, 0.1) is 50.2 Å². The number of carbonyl (C=O) groups is 2. The fourth-order valence-corrected chi connectivity index (χ4v) is 16.1. The molecular weight excluding hydrogens is 997 g/mol. The lowest BCUT2D eigenvalue weighted by Gasteiger charge is -2.72. The number of esters is 2. The molecule has 8 rings (SSSR count). The van der Waals surface area contributed by atoms with Crippen LogP contribution in [0.2, 0.25) is 0 Å². The van der Waals surface area contributed by atoms with E-state index in [9.17, 15) is 65.8 Å². The van der Waals surface area contributed by atoms with E-state index in [0.717, 1.165) is 18.4 Å². The Morgan fingerprint density at radius 1 is 0.697 bits per heavy atom. The maximum absolute atomic E-state index is 13.3. The largest absolute Gasteiger partial charge is 0.465 e. The molecule has 0 aromatic carbocycles. The number of rotatable bonds is 12. The molecule has 434 valence electrons. The molecular formula is C55H88O21. The number of allylic oxidation sites excluding steroid dienone is 3. The SMILES string of the molecule is C/C=C(\C)C(=O)O[C@H]1[C@H](O)[C@]2(COC(C)=O)[C@H](O)C[C@]3(C)C(=CC[C@@H]4[C@@]5(C)CC[C@H](O[C@@H]6O[C@H](CO)[C@@H](O)[C@H](O[C@@H]7O[C@@H](C)[C@H](O)[C@@H](O)[C@H]7O)[C@H]6O[C@@H]6O[C@H](CO)[C@H](O)[C@H](O)[C@H]6O)C(C)(C)[C@@H]5CC[C@]43C)[C@@H]2CC1(C)C. The maximum Gasteiger partial charge on any atom is 0.333 e. The van der Waals surface area contributed by atoms with Gasteiger partial charge in [0, 0.05) is 17.9 Å².